The maximum atomic E-state index is 14.0. The van der Waals surface area contributed by atoms with Crippen LogP contribution < -0.4 is 0 Å². The van der Waals surface area contributed by atoms with Crippen LogP contribution in [0.1, 0.15) is 44.6 Å². The zero-order valence-corrected chi connectivity index (χ0v) is 16.4. The fourth-order valence-electron chi connectivity index (χ4n) is 4.14. The van der Waals surface area contributed by atoms with Crippen LogP contribution in [0.3, 0.4) is 0 Å². The van der Waals surface area contributed by atoms with Gasteiger partial charge in [0.1, 0.15) is 6.61 Å². The summed E-state index contributed by atoms with van der Waals surface area (Å²) in [4.78, 5) is 28.8. The maximum absolute atomic E-state index is 14.0. The van der Waals surface area contributed by atoms with Gasteiger partial charge in [0.2, 0.25) is 11.8 Å². The molecule has 0 radical (unpaired) electrons. The predicted octanol–water partition coefficient (Wildman–Crippen LogP) is 3.12. The van der Waals surface area contributed by atoms with E-state index < -0.39 is 17.0 Å². The number of nitrogens with zero attached hydrogens (tertiary/aromatic N) is 2. The van der Waals surface area contributed by atoms with E-state index in [9.17, 15) is 18.4 Å². The highest BCUT2D eigenvalue weighted by molar-refractivity contribution is 5.86. The lowest BCUT2D eigenvalue weighted by Gasteiger charge is -2.39. The van der Waals surface area contributed by atoms with Crippen molar-refractivity contribution in [1.82, 2.24) is 9.80 Å². The van der Waals surface area contributed by atoms with Crippen molar-refractivity contribution in [1.29, 1.82) is 0 Å². The summed E-state index contributed by atoms with van der Waals surface area (Å²) in [5.41, 5.74) is -0.429. The standard InChI is InChI=1S/C21H28F2N2O3/c1-2-3-12-28-14-18(26)25-11-9-21(15-25)8-5-10-24(20(21)27)13-16-6-4-7-17(22)19(16)23/h4,6-7H,2-3,5,8-15H2,1H3/t21-/m0/s1. The second-order valence-electron chi connectivity index (χ2n) is 7.79. The van der Waals surface area contributed by atoms with Gasteiger partial charge >= 0.3 is 0 Å². The molecular formula is C21H28F2N2O3. The van der Waals surface area contributed by atoms with Crippen LogP contribution in [-0.4, -0.2) is 54.5 Å². The summed E-state index contributed by atoms with van der Waals surface area (Å²) in [5, 5.41) is 0. The molecule has 1 aromatic rings. The van der Waals surface area contributed by atoms with Gasteiger partial charge in [0, 0.05) is 38.3 Å². The van der Waals surface area contributed by atoms with E-state index in [-0.39, 0.29) is 30.5 Å². The minimum atomic E-state index is -0.905. The smallest absolute Gasteiger partial charge is 0.248 e. The quantitative estimate of drug-likeness (QED) is 0.668. The molecule has 0 aliphatic carbocycles. The van der Waals surface area contributed by atoms with E-state index in [0.717, 1.165) is 25.3 Å². The highest BCUT2D eigenvalue weighted by Gasteiger charge is 2.49. The Morgan fingerprint density at radius 3 is 2.86 bits per heavy atom. The average molecular weight is 394 g/mol. The number of ether oxygens (including phenoxy) is 1. The SMILES string of the molecule is CCCCOCC(=O)N1CC[C@@]2(CCCN(Cc3cccc(F)c3F)C2=O)C1. The van der Waals surface area contributed by atoms with Gasteiger partial charge in [0.05, 0.1) is 5.41 Å². The molecule has 2 aliphatic rings. The zero-order chi connectivity index (χ0) is 20.1. The third kappa shape index (κ3) is 4.35. The summed E-state index contributed by atoms with van der Waals surface area (Å²) in [6.45, 7) is 4.15. The highest BCUT2D eigenvalue weighted by Crippen LogP contribution is 2.40. The molecule has 2 fully saturated rings. The Hall–Kier alpha value is -2.02. The average Bonchev–Trinajstić information content (AvgIpc) is 3.11. The predicted molar refractivity (Wildman–Crippen MR) is 100 cm³/mol. The van der Waals surface area contributed by atoms with Crippen LogP contribution in [0.4, 0.5) is 8.78 Å². The molecular weight excluding hydrogens is 366 g/mol. The molecule has 2 heterocycles. The van der Waals surface area contributed by atoms with Gasteiger partial charge in [0.15, 0.2) is 11.6 Å². The van der Waals surface area contributed by atoms with E-state index in [4.69, 9.17) is 4.74 Å². The molecule has 3 rings (SSSR count). The number of benzene rings is 1. The van der Waals surface area contributed by atoms with Gasteiger partial charge in [-0.25, -0.2) is 8.78 Å². The third-order valence-corrected chi connectivity index (χ3v) is 5.79. The Labute approximate surface area is 164 Å². The second kappa shape index (κ2) is 8.99. The van der Waals surface area contributed by atoms with Crippen molar-refractivity contribution in [3.63, 3.8) is 0 Å². The van der Waals surface area contributed by atoms with Crippen molar-refractivity contribution < 1.29 is 23.1 Å². The lowest BCUT2D eigenvalue weighted by atomic mass is 9.78. The van der Waals surface area contributed by atoms with Crippen molar-refractivity contribution in [2.24, 2.45) is 5.41 Å². The Bertz CT molecular complexity index is 728. The maximum Gasteiger partial charge on any atom is 0.248 e. The molecule has 154 valence electrons. The lowest BCUT2D eigenvalue weighted by Crippen LogP contribution is -2.50. The molecule has 0 unspecified atom stereocenters. The minimum absolute atomic E-state index is 0.0441. The van der Waals surface area contributed by atoms with Crippen LogP contribution in [0.5, 0.6) is 0 Å². The van der Waals surface area contributed by atoms with Crippen LogP contribution in [0.15, 0.2) is 18.2 Å². The molecule has 7 heteroatoms. The van der Waals surface area contributed by atoms with Crippen molar-refractivity contribution in [2.45, 2.75) is 45.6 Å². The van der Waals surface area contributed by atoms with E-state index in [1.54, 1.807) is 9.80 Å². The highest BCUT2D eigenvalue weighted by atomic mass is 19.2. The number of carbonyl (C=O) groups excluding carboxylic acids is 2. The Morgan fingerprint density at radius 1 is 1.25 bits per heavy atom. The summed E-state index contributed by atoms with van der Waals surface area (Å²) in [5.74, 6) is -1.96. The molecule has 0 aromatic heterocycles. The number of piperidine rings is 1. The monoisotopic (exact) mass is 394 g/mol. The van der Waals surface area contributed by atoms with Crippen molar-refractivity contribution >= 4 is 11.8 Å². The van der Waals surface area contributed by atoms with E-state index in [1.165, 1.54) is 12.1 Å². The van der Waals surface area contributed by atoms with Gasteiger partial charge < -0.3 is 14.5 Å². The van der Waals surface area contributed by atoms with Gasteiger partial charge in [-0.15, -0.1) is 0 Å². The summed E-state index contributed by atoms with van der Waals surface area (Å²) in [6.07, 6.45) is 4.04. The Kier molecular flexibility index (Phi) is 6.65. The van der Waals surface area contributed by atoms with E-state index in [1.807, 2.05) is 0 Å². The summed E-state index contributed by atoms with van der Waals surface area (Å²) < 4.78 is 32.9. The Morgan fingerprint density at radius 2 is 2.07 bits per heavy atom. The molecule has 2 aliphatic heterocycles. The summed E-state index contributed by atoms with van der Waals surface area (Å²) in [6, 6.07) is 4.03. The zero-order valence-electron chi connectivity index (χ0n) is 16.4. The summed E-state index contributed by atoms with van der Waals surface area (Å²) in [7, 11) is 0. The molecule has 1 aromatic carbocycles. The minimum Gasteiger partial charge on any atom is -0.372 e. The molecule has 0 N–H and O–H groups in total. The number of rotatable bonds is 7. The summed E-state index contributed by atoms with van der Waals surface area (Å²) >= 11 is 0. The van der Waals surface area contributed by atoms with Crippen LogP contribution >= 0.6 is 0 Å². The van der Waals surface area contributed by atoms with Crippen molar-refractivity contribution in [3.05, 3.63) is 35.4 Å². The van der Waals surface area contributed by atoms with E-state index in [0.29, 0.717) is 39.1 Å². The van der Waals surface area contributed by atoms with Gasteiger partial charge in [-0.05, 0) is 31.7 Å². The third-order valence-electron chi connectivity index (χ3n) is 5.79. The largest absolute Gasteiger partial charge is 0.372 e. The molecule has 2 amide bonds. The molecule has 1 atom stereocenters. The number of carbonyl (C=O) groups is 2. The number of hydrogen-bond acceptors (Lipinski definition) is 3. The first-order valence-corrected chi connectivity index (χ1v) is 10.0. The van der Waals surface area contributed by atoms with E-state index in [2.05, 4.69) is 6.92 Å². The van der Waals surface area contributed by atoms with Crippen molar-refractivity contribution in [3.8, 4) is 0 Å². The van der Waals surface area contributed by atoms with Crippen LogP contribution in [-0.2, 0) is 20.9 Å². The molecule has 0 saturated carbocycles. The fraction of sp³-hybridized carbons (Fsp3) is 0.619. The lowest BCUT2D eigenvalue weighted by molar-refractivity contribution is -0.147. The number of halogens is 2. The second-order valence-corrected chi connectivity index (χ2v) is 7.79. The first-order valence-electron chi connectivity index (χ1n) is 10.0. The number of unbranched alkanes of at least 4 members (excludes halogenated alkanes) is 1. The van der Waals surface area contributed by atoms with Gasteiger partial charge in [-0.1, -0.05) is 25.5 Å². The molecule has 0 bridgehead atoms. The molecule has 2 saturated heterocycles. The van der Waals surface area contributed by atoms with Gasteiger partial charge in [-0.3, -0.25) is 9.59 Å². The topological polar surface area (TPSA) is 49.9 Å². The van der Waals surface area contributed by atoms with Crippen LogP contribution in [0, 0.1) is 17.0 Å². The van der Waals surface area contributed by atoms with Crippen molar-refractivity contribution in [2.75, 3.05) is 32.8 Å². The van der Waals surface area contributed by atoms with Gasteiger partial charge in [0.25, 0.3) is 0 Å². The number of likely N-dealkylation sites (tertiary alicyclic amines) is 2. The van der Waals surface area contributed by atoms with Crippen LogP contribution in [0.2, 0.25) is 0 Å². The van der Waals surface area contributed by atoms with Gasteiger partial charge in [-0.2, -0.15) is 0 Å². The number of hydrogen-bond donors (Lipinski definition) is 0. The first-order chi connectivity index (χ1) is 13.5. The van der Waals surface area contributed by atoms with Crippen LogP contribution in [0.25, 0.3) is 0 Å². The molecule has 28 heavy (non-hydrogen) atoms. The number of amides is 2. The Balaban J connectivity index is 1.62. The molecule has 1 spiro atoms. The first kappa shape index (κ1) is 20.7. The molecule has 5 nitrogen and oxygen atoms in total. The van der Waals surface area contributed by atoms with E-state index >= 15 is 0 Å². The normalized spacial score (nSPS) is 22.3. The fourth-order valence-corrected chi connectivity index (χ4v) is 4.14.